The molecule has 0 spiro atoms. The topological polar surface area (TPSA) is 70.1 Å². The number of likely N-dealkylation sites (tertiary alicyclic amines) is 1. The van der Waals surface area contributed by atoms with Gasteiger partial charge >= 0.3 is 5.97 Å². The van der Waals surface area contributed by atoms with E-state index in [0.717, 1.165) is 25.9 Å². The Morgan fingerprint density at radius 2 is 1.71 bits per heavy atom. The van der Waals surface area contributed by atoms with E-state index in [1.807, 2.05) is 7.05 Å². The van der Waals surface area contributed by atoms with Crippen LogP contribution < -0.4 is 0 Å². The highest BCUT2D eigenvalue weighted by molar-refractivity contribution is 5.82. The van der Waals surface area contributed by atoms with Gasteiger partial charge in [0.2, 0.25) is 0 Å². The van der Waals surface area contributed by atoms with Crippen molar-refractivity contribution in [3.8, 4) is 0 Å². The Balaban J connectivity index is 1.85. The average Bonchev–Trinajstić information content (AvgIpc) is 2.96. The lowest BCUT2D eigenvalue weighted by atomic mass is 10.0. The van der Waals surface area contributed by atoms with Crippen LogP contribution in [0.4, 0.5) is 0 Å². The van der Waals surface area contributed by atoms with Crippen LogP contribution in [0.5, 0.6) is 0 Å². The fraction of sp³-hybridized carbons (Fsp3) is 0.867. The molecule has 0 aromatic carbocycles. The van der Waals surface area contributed by atoms with Crippen molar-refractivity contribution in [3.63, 3.8) is 0 Å². The van der Waals surface area contributed by atoms with Crippen molar-refractivity contribution in [1.82, 2.24) is 9.80 Å². The van der Waals surface area contributed by atoms with Gasteiger partial charge in [-0.05, 0) is 39.5 Å². The van der Waals surface area contributed by atoms with Gasteiger partial charge in [0.1, 0.15) is 6.10 Å². The molecule has 2 heterocycles. The summed E-state index contributed by atoms with van der Waals surface area (Å²) in [5, 5.41) is 8.93. The van der Waals surface area contributed by atoms with E-state index in [-0.39, 0.29) is 11.9 Å². The smallest absolute Gasteiger partial charge is 0.332 e. The third-order valence-corrected chi connectivity index (χ3v) is 4.70. The van der Waals surface area contributed by atoms with E-state index in [2.05, 4.69) is 18.7 Å². The number of carbonyl (C=O) groups excluding carboxylic acids is 1. The number of hydrogen-bond acceptors (Lipinski definition) is 4. The zero-order chi connectivity index (χ0) is 15.6. The summed E-state index contributed by atoms with van der Waals surface area (Å²) in [7, 11) is 1.81. The Morgan fingerprint density at radius 1 is 1.14 bits per heavy atom. The van der Waals surface area contributed by atoms with Crippen LogP contribution >= 0.6 is 0 Å². The maximum absolute atomic E-state index is 12.4. The standard InChI is InChI=1S/C15H26N2O4/c1-10(2)17-8-6-11(7-9-17)16(3)14(18)12-4-5-13(21-12)15(19)20/h10-13H,4-9H2,1-3H3,(H,19,20)/t12-,13+/m0/s1. The van der Waals surface area contributed by atoms with Crippen LogP contribution in [0.15, 0.2) is 0 Å². The third kappa shape index (κ3) is 3.74. The van der Waals surface area contributed by atoms with E-state index in [9.17, 15) is 9.59 Å². The number of aliphatic carboxylic acids is 1. The average molecular weight is 298 g/mol. The highest BCUT2D eigenvalue weighted by Gasteiger charge is 2.38. The summed E-state index contributed by atoms with van der Waals surface area (Å²) >= 11 is 0. The summed E-state index contributed by atoms with van der Waals surface area (Å²) < 4.78 is 5.35. The van der Waals surface area contributed by atoms with E-state index < -0.39 is 18.2 Å². The highest BCUT2D eigenvalue weighted by Crippen LogP contribution is 2.24. The van der Waals surface area contributed by atoms with Crippen molar-refractivity contribution < 1.29 is 19.4 Å². The van der Waals surface area contributed by atoms with Gasteiger partial charge in [0, 0.05) is 32.2 Å². The van der Waals surface area contributed by atoms with Gasteiger partial charge in [-0.2, -0.15) is 0 Å². The van der Waals surface area contributed by atoms with E-state index in [0.29, 0.717) is 18.9 Å². The normalized spacial score (nSPS) is 28.0. The number of hydrogen-bond donors (Lipinski definition) is 1. The van der Waals surface area contributed by atoms with Crippen molar-refractivity contribution >= 4 is 11.9 Å². The van der Waals surface area contributed by atoms with Gasteiger partial charge in [-0.25, -0.2) is 4.79 Å². The van der Waals surface area contributed by atoms with E-state index in [4.69, 9.17) is 9.84 Å². The van der Waals surface area contributed by atoms with Gasteiger partial charge in [0.25, 0.3) is 5.91 Å². The van der Waals surface area contributed by atoms with Crippen molar-refractivity contribution in [1.29, 1.82) is 0 Å². The maximum atomic E-state index is 12.4. The predicted octanol–water partition coefficient (Wildman–Crippen LogP) is 0.950. The molecular formula is C15H26N2O4. The van der Waals surface area contributed by atoms with Gasteiger partial charge in [-0.15, -0.1) is 0 Å². The predicted molar refractivity (Wildman–Crippen MR) is 78.0 cm³/mol. The van der Waals surface area contributed by atoms with E-state index in [1.165, 1.54) is 0 Å². The second-order valence-electron chi connectivity index (χ2n) is 6.34. The first-order valence-electron chi connectivity index (χ1n) is 7.79. The summed E-state index contributed by atoms with van der Waals surface area (Å²) in [4.78, 5) is 27.5. The zero-order valence-electron chi connectivity index (χ0n) is 13.1. The number of piperidine rings is 1. The van der Waals surface area contributed by atoms with Crippen molar-refractivity contribution in [3.05, 3.63) is 0 Å². The Hall–Kier alpha value is -1.14. The number of nitrogens with zero attached hydrogens (tertiary/aromatic N) is 2. The SMILES string of the molecule is CC(C)N1CCC(N(C)C(=O)[C@@H]2CC[C@H](C(=O)O)O2)CC1. The summed E-state index contributed by atoms with van der Waals surface area (Å²) in [6, 6.07) is 0.779. The highest BCUT2D eigenvalue weighted by atomic mass is 16.5. The first kappa shape index (κ1) is 16.2. The number of amides is 1. The number of carbonyl (C=O) groups is 2. The van der Waals surface area contributed by atoms with E-state index >= 15 is 0 Å². The molecule has 1 amide bonds. The largest absolute Gasteiger partial charge is 0.479 e. The first-order valence-corrected chi connectivity index (χ1v) is 7.79. The second kappa shape index (κ2) is 6.75. The molecule has 2 fully saturated rings. The molecule has 1 N–H and O–H groups in total. The lowest BCUT2D eigenvalue weighted by Crippen LogP contribution is -2.49. The molecule has 2 aliphatic rings. The molecular weight excluding hydrogens is 272 g/mol. The van der Waals surface area contributed by atoms with Crippen LogP contribution in [0.1, 0.15) is 39.5 Å². The first-order chi connectivity index (χ1) is 9.90. The number of ether oxygens (including phenoxy) is 1. The lowest BCUT2D eigenvalue weighted by molar-refractivity contribution is -0.155. The molecule has 2 saturated heterocycles. The summed E-state index contributed by atoms with van der Waals surface area (Å²) in [6.07, 6.45) is 1.45. The number of carboxylic acids is 1. The second-order valence-corrected chi connectivity index (χ2v) is 6.34. The minimum Gasteiger partial charge on any atom is -0.479 e. The molecule has 21 heavy (non-hydrogen) atoms. The summed E-state index contributed by atoms with van der Waals surface area (Å²) in [6.45, 7) is 6.38. The van der Waals surface area contributed by atoms with Gasteiger partial charge in [0.05, 0.1) is 0 Å². The molecule has 0 bridgehead atoms. The van der Waals surface area contributed by atoms with Gasteiger partial charge in [0.15, 0.2) is 6.10 Å². The van der Waals surface area contributed by atoms with Crippen LogP contribution in [0.2, 0.25) is 0 Å². The van der Waals surface area contributed by atoms with Gasteiger partial charge in [-0.3, -0.25) is 4.79 Å². The fourth-order valence-electron chi connectivity index (χ4n) is 3.20. The quantitative estimate of drug-likeness (QED) is 0.837. The number of likely N-dealkylation sites (N-methyl/N-ethyl adjacent to an activating group) is 1. The van der Waals surface area contributed by atoms with Crippen molar-refractivity contribution in [2.24, 2.45) is 0 Å². The number of carboxylic acid groups (broad SMARTS) is 1. The molecule has 0 aromatic rings. The van der Waals surface area contributed by atoms with Crippen molar-refractivity contribution in [2.75, 3.05) is 20.1 Å². The molecule has 2 rings (SSSR count). The minimum absolute atomic E-state index is 0.0678. The Kier molecular flexibility index (Phi) is 5.22. The summed E-state index contributed by atoms with van der Waals surface area (Å²) in [5.74, 6) is -1.04. The van der Waals surface area contributed by atoms with Crippen LogP contribution in [0.3, 0.4) is 0 Å². The summed E-state index contributed by atoms with van der Waals surface area (Å²) in [5.41, 5.74) is 0. The minimum atomic E-state index is -0.974. The Labute approximate surface area is 126 Å². The lowest BCUT2D eigenvalue weighted by Gasteiger charge is -2.39. The molecule has 120 valence electrons. The Bertz CT molecular complexity index is 391. The fourth-order valence-corrected chi connectivity index (χ4v) is 3.20. The molecule has 0 aliphatic carbocycles. The molecule has 0 unspecified atom stereocenters. The monoisotopic (exact) mass is 298 g/mol. The molecule has 2 aliphatic heterocycles. The molecule has 6 heteroatoms. The zero-order valence-corrected chi connectivity index (χ0v) is 13.1. The van der Waals surface area contributed by atoms with Crippen molar-refractivity contribution in [2.45, 2.75) is 63.8 Å². The Morgan fingerprint density at radius 3 is 2.19 bits per heavy atom. The third-order valence-electron chi connectivity index (χ3n) is 4.70. The molecule has 6 nitrogen and oxygen atoms in total. The maximum Gasteiger partial charge on any atom is 0.332 e. The molecule has 0 aromatic heterocycles. The molecule has 2 atom stereocenters. The van der Waals surface area contributed by atoms with Gasteiger partial charge in [-0.1, -0.05) is 0 Å². The molecule has 0 saturated carbocycles. The van der Waals surface area contributed by atoms with Crippen LogP contribution in [-0.2, 0) is 14.3 Å². The van der Waals surface area contributed by atoms with Crippen LogP contribution in [0.25, 0.3) is 0 Å². The van der Waals surface area contributed by atoms with Gasteiger partial charge < -0.3 is 19.6 Å². The number of rotatable bonds is 4. The van der Waals surface area contributed by atoms with Crippen LogP contribution in [-0.4, -0.2) is 71.2 Å². The van der Waals surface area contributed by atoms with Crippen LogP contribution in [0, 0.1) is 0 Å². The molecule has 0 radical (unpaired) electrons. The van der Waals surface area contributed by atoms with E-state index in [1.54, 1.807) is 4.90 Å².